The first-order valence-corrected chi connectivity index (χ1v) is 7.68. The Bertz CT molecular complexity index is 1070. The van der Waals surface area contributed by atoms with Gasteiger partial charge in [0.15, 0.2) is 5.78 Å². The summed E-state index contributed by atoms with van der Waals surface area (Å²) >= 11 is 6.12. The standard InChI is InChI=1S/C19H13ClN2O/c1-11(23)12-4-2-5-13(8-12)15-6-3-7-17-18(15)16-9-14(20)10-21-19(16)22-17/h2-10H,1H3,(H,21,22). The molecule has 4 rings (SSSR count). The van der Waals surface area contributed by atoms with E-state index in [4.69, 9.17) is 11.6 Å². The Labute approximate surface area is 137 Å². The van der Waals surface area contributed by atoms with E-state index in [2.05, 4.69) is 16.0 Å². The number of ketones is 1. The molecule has 1 N–H and O–H groups in total. The molecule has 0 bridgehead atoms. The molecule has 112 valence electrons. The Kier molecular flexibility index (Phi) is 3.17. The molecule has 0 fully saturated rings. The average Bonchev–Trinajstić information content (AvgIpc) is 2.93. The van der Waals surface area contributed by atoms with Crippen LogP contribution in [0.3, 0.4) is 0 Å². The molecule has 0 atom stereocenters. The van der Waals surface area contributed by atoms with Crippen LogP contribution in [0.2, 0.25) is 5.02 Å². The number of nitrogens with one attached hydrogen (secondary N) is 1. The van der Waals surface area contributed by atoms with Crippen LogP contribution in [0.1, 0.15) is 17.3 Å². The van der Waals surface area contributed by atoms with Gasteiger partial charge in [-0.1, -0.05) is 41.9 Å². The molecule has 0 spiro atoms. The van der Waals surface area contributed by atoms with Crippen LogP contribution in [0, 0.1) is 0 Å². The summed E-state index contributed by atoms with van der Waals surface area (Å²) in [6.45, 7) is 1.58. The Morgan fingerprint density at radius 3 is 2.78 bits per heavy atom. The van der Waals surface area contributed by atoms with Crippen molar-refractivity contribution < 1.29 is 4.79 Å². The number of rotatable bonds is 2. The van der Waals surface area contributed by atoms with E-state index in [1.807, 2.05) is 42.5 Å². The molecule has 0 unspecified atom stereocenters. The number of fused-ring (bicyclic) bond motifs is 3. The first-order valence-electron chi connectivity index (χ1n) is 7.31. The highest BCUT2D eigenvalue weighted by atomic mass is 35.5. The van der Waals surface area contributed by atoms with E-state index in [9.17, 15) is 4.79 Å². The number of H-pyrrole nitrogens is 1. The van der Waals surface area contributed by atoms with E-state index in [0.29, 0.717) is 10.6 Å². The highest BCUT2D eigenvalue weighted by molar-refractivity contribution is 6.31. The van der Waals surface area contributed by atoms with Crippen LogP contribution < -0.4 is 0 Å². The SMILES string of the molecule is CC(=O)c1cccc(-c2cccc3[nH]c4ncc(Cl)cc4c23)c1. The van der Waals surface area contributed by atoms with E-state index in [1.54, 1.807) is 13.1 Å². The van der Waals surface area contributed by atoms with Gasteiger partial charge in [-0.25, -0.2) is 4.98 Å². The van der Waals surface area contributed by atoms with E-state index in [0.717, 1.165) is 33.1 Å². The molecule has 0 aliphatic carbocycles. The van der Waals surface area contributed by atoms with Gasteiger partial charge in [-0.15, -0.1) is 0 Å². The minimum Gasteiger partial charge on any atom is -0.339 e. The maximum atomic E-state index is 11.7. The van der Waals surface area contributed by atoms with Crippen molar-refractivity contribution in [3.05, 3.63) is 65.3 Å². The topological polar surface area (TPSA) is 45.8 Å². The normalized spacial score (nSPS) is 11.2. The fourth-order valence-electron chi connectivity index (χ4n) is 2.95. The van der Waals surface area contributed by atoms with E-state index >= 15 is 0 Å². The van der Waals surface area contributed by atoms with Crippen LogP contribution in [0.15, 0.2) is 54.7 Å². The molecule has 0 saturated heterocycles. The van der Waals surface area contributed by atoms with Crippen LogP contribution in [0.5, 0.6) is 0 Å². The van der Waals surface area contributed by atoms with Gasteiger partial charge in [0.05, 0.1) is 5.02 Å². The van der Waals surface area contributed by atoms with Crippen LogP contribution in [-0.4, -0.2) is 15.8 Å². The number of nitrogens with zero attached hydrogens (tertiary/aromatic N) is 1. The molecule has 2 aromatic carbocycles. The first-order chi connectivity index (χ1) is 11.1. The molecule has 23 heavy (non-hydrogen) atoms. The molecule has 4 aromatic rings. The summed E-state index contributed by atoms with van der Waals surface area (Å²) in [6.07, 6.45) is 1.63. The smallest absolute Gasteiger partial charge is 0.159 e. The predicted molar refractivity (Wildman–Crippen MR) is 94.1 cm³/mol. The average molecular weight is 321 g/mol. The Morgan fingerprint density at radius 2 is 1.96 bits per heavy atom. The van der Waals surface area contributed by atoms with Crippen molar-refractivity contribution in [2.45, 2.75) is 6.92 Å². The van der Waals surface area contributed by atoms with Gasteiger partial charge in [-0.3, -0.25) is 4.79 Å². The minimum absolute atomic E-state index is 0.0580. The molecule has 0 saturated carbocycles. The molecule has 0 aliphatic heterocycles. The van der Waals surface area contributed by atoms with E-state index < -0.39 is 0 Å². The fourth-order valence-corrected chi connectivity index (χ4v) is 3.11. The summed E-state index contributed by atoms with van der Waals surface area (Å²) < 4.78 is 0. The molecule has 4 heteroatoms. The zero-order valence-corrected chi connectivity index (χ0v) is 13.2. The second-order valence-corrected chi connectivity index (χ2v) is 5.98. The molecule has 2 aromatic heterocycles. The quantitative estimate of drug-likeness (QED) is 0.513. The van der Waals surface area contributed by atoms with Gasteiger partial charge in [-0.2, -0.15) is 0 Å². The minimum atomic E-state index is 0.0580. The molecule has 2 heterocycles. The van der Waals surface area contributed by atoms with Crippen LogP contribution in [0.4, 0.5) is 0 Å². The van der Waals surface area contributed by atoms with Gasteiger partial charge < -0.3 is 4.98 Å². The molecule has 0 radical (unpaired) electrons. The third kappa shape index (κ3) is 2.30. The molecular weight excluding hydrogens is 308 g/mol. The summed E-state index contributed by atoms with van der Waals surface area (Å²) in [7, 11) is 0. The number of Topliss-reactive ketones (excluding diaryl/α,β-unsaturated/α-hetero) is 1. The summed E-state index contributed by atoms with van der Waals surface area (Å²) in [5, 5.41) is 2.65. The highest BCUT2D eigenvalue weighted by Crippen LogP contribution is 2.35. The summed E-state index contributed by atoms with van der Waals surface area (Å²) in [5.74, 6) is 0.0580. The first kappa shape index (κ1) is 14.0. The lowest BCUT2D eigenvalue weighted by Gasteiger charge is -2.06. The molecular formula is C19H13ClN2O. The van der Waals surface area contributed by atoms with Crippen molar-refractivity contribution in [3.8, 4) is 11.1 Å². The summed E-state index contributed by atoms with van der Waals surface area (Å²) in [5.41, 5.74) is 4.57. The van der Waals surface area contributed by atoms with Gasteiger partial charge in [0.25, 0.3) is 0 Å². The number of halogens is 1. The zero-order valence-electron chi connectivity index (χ0n) is 12.4. The van der Waals surface area contributed by atoms with Crippen molar-refractivity contribution >= 4 is 39.3 Å². The predicted octanol–water partition coefficient (Wildman–Crippen LogP) is 5.24. The van der Waals surface area contributed by atoms with Crippen molar-refractivity contribution in [2.75, 3.05) is 0 Å². The number of aromatic nitrogens is 2. The van der Waals surface area contributed by atoms with Gasteiger partial charge in [0.2, 0.25) is 0 Å². The number of hydrogen-bond acceptors (Lipinski definition) is 2. The highest BCUT2D eigenvalue weighted by Gasteiger charge is 2.12. The van der Waals surface area contributed by atoms with Crippen molar-refractivity contribution in [1.29, 1.82) is 0 Å². The Morgan fingerprint density at radius 1 is 1.13 bits per heavy atom. The van der Waals surface area contributed by atoms with Gasteiger partial charge in [0, 0.05) is 28.0 Å². The lowest BCUT2D eigenvalue weighted by molar-refractivity contribution is 0.101. The number of pyridine rings is 1. The lowest BCUT2D eigenvalue weighted by atomic mass is 9.97. The van der Waals surface area contributed by atoms with Gasteiger partial charge in [-0.05, 0) is 36.2 Å². The fraction of sp³-hybridized carbons (Fsp3) is 0.0526. The number of carbonyl (C=O) groups excluding carboxylic acids is 1. The third-order valence-electron chi connectivity index (χ3n) is 4.02. The number of benzene rings is 2. The van der Waals surface area contributed by atoms with E-state index in [-0.39, 0.29) is 5.78 Å². The Balaban J connectivity index is 2.07. The maximum Gasteiger partial charge on any atom is 0.159 e. The zero-order chi connectivity index (χ0) is 16.0. The second kappa shape index (κ2) is 5.21. The van der Waals surface area contributed by atoms with Gasteiger partial charge >= 0.3 is 0 Å². The largest absolute Gasteiger partial charge is 0.339 e. The lowest BCUT2D eigenvalue weighted by Crippen LogP contribution is -1.91. The van der Waals surface area contributed by atoms with Crippen LogP contribution >= 0.6 is 11.6 Å². The molecule has 0 aliphatic rings. The van der Waals surface area contributed by atoms with Crippen LogP contribution in [-0.2, 0) is 0 Å². The number of carbonyl (C=O) groups is 1. The summed E-state index contributed by atoms with van der Waals surface area (Å²) in [4.78, 5) is 19.3. The van der Waals surface area contributed by atoms with Crippen molar-refractivity contribution in [3.63, 3.8) is 0 Å². The second-order valence-electron chi connectivity index (χ2n) is 5.54. The number of aromatic amines is 1. The third-order valence-corrected chi connectivity index (χ3v) is 4.23. The number of hydrogen-bond donors (Lipinski definition) is 1. The van der Waals surface area contributed by atoms with Crippen LogP contribution in [0.25, 0.3) is 33.1 Å². The van der Waals surface area contributed by atoms with Gasteiger partial charge in [0.1, 0.15) is 5.65 Å². The molecule has 0 amide bonds. The Hall–Kier alpha value is -2.65. The maximum absolute atomic E-state index is 11.7. The molecule has 3 nitrogen and oxygen atoms in total. The monoisotopic (exact) mass is 320 g/mol. The van der Waals surface area contributed by atoms with Crippen molar-refractivity contribution in [1.82, 2.24) is 9.97 Å². The summed E-state index contributed by atoms with van der Waals surface area (Å²) in [6, 6.07) is 15.7. The van der Waals surface area contributed by atoms with E-state index in [1.165, 1.54) is 0 Å². The van der Waals surface area contributed by atoms with Crippen molar-refractivity contribution in [2.24, 2.45) is 0 Å².